The molecule has 3 N–H and O–H groups in total. The predicted molar refractivity (Wildman–Crippen MR) is 53.6 cm³/mol. The van der Waals surface area contributed by atoms with Crippen molar-refractivity contribution in [3.05, 3.63) is 23.9 Å². The van der Waals surface area contributed by atoms with Crippen LogP contribution in [0.3, 0.4) is 0 Å². The zero-order chi connectivity index (χ0) is 14.0. The van der Waals surface area contributed by atoms with Gasteiger partial charge in [0.25, 0.3) is 0 Å². The number of hydrogen-bond donors (Lipinski definition) is 2. The number of hydrogen-bond acceptors (Lipinski definition) is 5. The molecule has 0 atom stereocenters. The van der Waals surface area contributed by atoms with Gasteiger partial charge in [-0.15, -0.1) is 0 Å². The van der Waals surface area contributed by atoms with Gasteiger partial charge >= 0.3 is 6.18 Å². The van der Waals surface area contributed by atoms with Crippen molar-refractivity contribution >= 4 is 15.7 Å². The Kier molecular flexibility index (Phi) is 3.92. The maximum Gasteiger partial charge on any atom is 0.417 e. The first kappa shape index (κ1) is 14.4. The number of aromatic nitrogens is 1. The number of alkyl halides is 3. The molecule has 0 spiro atoms. The molecule has 0 saturated heterocycles. The van der Waals surface area contributed by atoms with Gasteiger partial charge in [0.05, 0.1) is 5.56 Å². The van der Waals surface area contributed by atoms with Crippen LogP contribution in [-0.4, -0.2) is 25.1 Å². The van der Waals surface area contributed by atoms with E-state index in [-0.39, 0.29) is 0 Å². The molecule has 0 unspecified atom stereocenters. The molecule has 0 saturated carbocycles. The molecule has 0 radical (unpaired) electrons. The number of pyridine rings is 1. The monoisotopic (exact) mass is 283 g/mol. The third-order valence-electron chi connectivity index (χ3n) is 1.86. The van der Waals surface area contributed by atoms with Gasteiger partial charge in [0.2, 0.25) is 15.7 Å². The van der Waals surface area contributed by atoms with Gasteiger partial charge in [0, 0.05) is 6.20 Å². The number of nitrogens with zero attached hydrogens (tertiary/aromatic N) is 1. The summed E-state index contributed by atoms with van der Waals surface area (Å²) in [5, 5.41) is -0.626. The topological polar surface area (TPSA) is 102 Å². The van der Waals surface area contributed by atoms with Gasteiger partial charge < -0.3 is 0 Å². The Morgan fingerprint density at radius 3 is 2.39 bits per heavy atom. The van der Waals surface area contributed by atoms with Crippen LogP contribution < -0.4 is 11.3 Å². The fourth-order valence-electron chi connectivity index (χ4n) is 1.02. The molecule has 0 aliphatic rings. The first-order valence-corrected chi connectivity index (χ1v) is 6.07. The van der Waals surface area contributed by atoms with E-state index >= 15 is 0 Å². The smallest absolute Gasteiger partial charge is 0.293 e. The van der Waals surface area contributed by atoms with E-state index < -0.39 is 38.3 Å². The van der Waals surface area contributed by atoms with Crippen LogP contribution in [0.15, 0.2) is 23.4 Å². The number of carbonyl (C=O) groups is 1. The van der Waals surface area contributed by atoms with Gasteiger partial charge in [0.15, 0.2) is 5.03 Å². The summed E-state index contributed by atoms with van der Waals surface area (Å²) < 4.78 is 59.6. The standard InChI is InChI=1S/C8H8F3N3O3S/c9-8(10,11)5-1-2-7(13-3-5)18(16,17)4-6(15)14-12/h1-3H,4,12H2,(H,14,15). The number of hydrazine groups is 1. The van der Waals surface area contributed by atoms with Crippen molar-refractivity contribution in [1.82, 2.24) is 10.4 Å². The average molecular weight is 283 g/mol. The number of sulfone groups is 1. The van der Waals surface area contributed by atoms with Crippen molar-refractivity contribution in [2.45, 2.75) is 11.2 Å². The van der Waals surface area contributed by atoms with Crippen LogP contribution in [0, 0.1) is 0 Å². The third-order valence-corrected chi connectivity index (χ3v) is 3.39. The van der Waals surface area contributed by atoms with Crippen LogP contribution in [0.4, 0.5) is 13.2 Å². The summed E-state index contributed by atoms with van der Waals surface area (Å²) in [6.45, 7) is 0. The molecule has 100 valence electrons. The Labute approximate surface area is 99.9 Å². The Morgan fingerprint density at radius 1 is 1.39 bits per heavy atom. The zero-order valence-corrected chi connectivity index (χ0v) is 9.55. The lowest BCUT2D eigenvalue weighted by molar-refractivity contribution is -0.137. The van der Waals surface area contributed by atoms with E-state index in [1.54, 1.807) is 5.43 Å². The molecule has 1 rings (SSSR count). The molecule has 0 fully saturated rings. The first-order valence-electron chi connectivity index (χ1n) is 4.42. The van der Waals surface area contributed by atoms with E-state index in [1.165, 1.54) is 0 Å². The van der Waals surface area contributed by atoms with Gasteiger partial charge in [-0.05, 0) is 12.1 Å². The maximum absolute atomic E-state index is 12.2. The Bertz CT molecular complexity index is 539. The molecule has 1 amide bonds. The maximum atomic E-state index is 12.2. The molecule has 0 bridgehead atoms. The molecule has 1 aromatic heterocycles. The second kappa shape index (κ2) is 4.90. The Morgan fingerprint density at radius 2 is 2.00 bits per heavy atom. The number of amides is 1. The second-order valence-electron chi connectivity index (χ2n) is 3.21. The molecule has 0 aliphatic heterocycles. The van der Waals surface area contributed by atoms with Crippen LogP contribution in [0.25, 0.3) is 0 Å². The van der Waals surface area contributed by atoms with Gasteiger partial charge in [-0.3, -0.25) is 10.2 Å². The highest BCUT2D eigenvalue weighted by Crippen LogP contribution is 2.28. The summed E-state index contributed by atoms with van der Waals surface area (Å²) in [7, 11) is -4.10. The summed E-state index contributed by atoms with van der Waals surface area (Å²) in [6, 6.07) is 1.25. The van der Waals surface area contributed by atoms with E-state index in [0.29, 0.717) is 18.3 Å². The summed E-state index contributed by atoms with van der Waals surface area (Å²) in [4.78, 5) is 14.0. The van der Waals surface area contributed by atoms with Crippen LogP contribution in [0.1, 0.15) is 5.56 Å². The largest absolute Gasteiger partial charge is 0.417 e. The van der Waals surface area contributed by atoms with Crippen molar-refractivity contribution < 1.29 is 26.4 Å². The van der Waals surface area contributed by atoms with Crippen molar-refractivity contribution in [2.24, 2.45) is 5.84 Å². The lowest BCUT2D eigenvalue weighted by atomic mass is 10.3. The first-order chi connectivity index (χ1) is 8.16. The summed E-state index contributed by atoms with van der Waals surface area (Å²) in [5.74, 6) is 2.73. The molecular formula is C8H8F3N3O3S. The minimum Gasteiger partial charge on any atom is -0.293 e. The minimum absolute atomic E-state index is 0.382. The van der Waals surface area contributed by atoms with Crippen molar-refractivity contribution in [3.8, 4) is 0 Å². The number of halogens is 3. The van der Waals surface area contributed by atoms with E-state index in [2.05, 4.69) is 4.98 Å². The molecule has 6 nitrogen and oxygen atoms in total. The lowest BCUT2D eigenvalue weighted by Crippen LogP contribution is -2.35. The summed E-state index contributed by atoms with van der Waals surface area (Å²) in [5.41, 5.74) is 0.522. The van der Waals surface area contributed by atoms with Crippen LogP contribution in [0.2, 0.25) is 0 Å². The normalized spacial score (nSPS) is 12.2. The number of nitrogens with two attached hydrogens (primary N) is 1. The van der Waals surface area contributed by atoms with Gasteiger partial charge in [-0.25, -0.2) is 19.2 Å². The third kappa shape index (κ3) is 3.40. The molecule has 1 aromatic rings. The van der Waals surface area contributed by atoms with Crippen molar-refractivity contribution in [2.75, 3.05) is 5.75 Å². The SMILES string of the molecule is NNC(=O)CS(=O)(=O)c1ccc(C(F)(F)F)cn1. The summed E-state index contributed by atoms with van der Waals surface area (Å²) >= 11 is 0. The minimum atomic E-state index is -4.61. The Hall–Kier alpha value is -1.68. The molecule has 0 aliphatic carbocycles. The number of nitrogens with one attached hydrogen (secondary N) is 1. The van der Waals surface area contributed by atoms with Gasteiger partial charge in [-0.2, -0.15) is 13.2 Å². The number of carbonyl (C=O) groups excluding carboxylic acids is 1. The second-order valence-corrected chi connectivity index (χ2v) is 5.15. The van der Waals surface area contributed by atoms with E-state index in [0.717, 1.165) is 0 Å². The number of rotatable bonds is 3. The van der Waals surface area contributed by atoms with E-state index in [9.17, 15) is 26.4 Å². The summed E-state index contributed by atoms with van der Waals surface area (Å²) in [6.07, 6.45) is -4.23. The zero-order valence-electron chi connectivity index (χ0n) is 8.73. The highest BCUT2D eigenvalue weighted by atomic mass is 32.2. The van der Waals surface area contributed by atoms with E-state index in [4.69, 9.17) is 5.84 Å². The van der Waals surface area contributed by atoms with Gasteiger partial charge in [0.1, 0.15) is 5.75 Å². The highest BCUT2D eigenvalue weighted by Gasteiger charge is 2.31. The van der Waals surface area contributed by atoms with Crippen LogP contribution >= 0.6 is 0 Å². The molecular weight excluding hydrogens is 275 g/mol. The van der Waals surface area contributed by atoms with Gasteiger partial charge in [-0.1, -0.05) is 0 Å². The quantitative estimate of drug-likeness (QED) is 0.457. The van der Waals surface area contributed by atoms with E-state index in [1.807, 2.05) is 0 Å². The molecule has 18 heavy (non-hydrogen) atoms. The molecule has 1 heterocycles. The predicted octanol–water partition coefficient (Wildman–Crippen LogP) is -0.136. The fraction of sp³-hybridized carbons (Fsp3) is 0.250. The highest BCUT2D eigenvalue weighted by molar-refractivity contribution is 7.92. The van der Waals surface area contributed by atoms with Crippen molar-refractivity contribution in [1.29, 1.82) is 0 Å². The lowest BCUT2D eigenvalue weighted by Gasteiger charge is -2.07. The van der Waals surface area contributed by atoms with Crippen LogP contribution in [0.5, 0.6) is 0 Å². The van der Waals surface area contributed by atoms with Crippen molar-refractivity contribution in [3.63, 3.8) is 0 Å². The molecule has 10 heteroatoms. The Balaban J connectivity index is 3.02. The average Bonchev–Trinajstić information content (AvgIpc) is 2.27. The van der Waals surface area contributed by atoms with Crippen LogP contribution in [-0.2, 0) is 20.8 Å². The fourth-order valence-corrected chi connectivity index (χ4v) is 2.09. The molecule has 0 aromatic carbocycles.